The van der Waals surface area contributed by atoms with Crippen molar-refractivity contribution in [3.63, 3.8) is 0 Å². The minimum Gasteiger partial charge on any atom is -0.496 e. The Balaban J connectivity index is 1.78. The first kappa shape index (κ1) is 26.3. The Bertz CT molecular complexity index is 1260. The van der Waals surface area contributed by atoms with Crippen LogP contribution in [0.5, 0.6) is 17.2 Å². The molecule has 1 aliphatic carbocycles. The first-order chi connectivity index (χ1) is 17.8. The molecule has 0 amide bonds. The van der Waals surface area contributed by atoms with Gasteiger partial charge in [0.1, 0.15) is 5.75 Å². The van der Waals surface area contributed by atoms with Crippen molar-refractivity contribution in [2.45, 2.75) is 45.4 Å². The third-order valence-electron chi connectivity index (χ3n) is 6.92. The van der Waals surface area contributed by atoms with E-state index in [1.54, 1.807) is 21.3 Å². The van der Waals surface area contributed by atoms with Crippen LogP contribution in [-0.4, -0.2) is 39.7 Å². The molecule has 0 fully saturated rings. The highest BCUT2D eigenvalue weighted by Gasteiger charge is 2.42. The average molecular weight is 506 g/mol. The van der Waals surface area contributed by atoms with Gasteiger partial charge >= 0.3 is 5.97 Å². The molecule has 7 nitrogen and oxygen atoms in total. The lowest BCUT2D eigenvalue weighted by Gasteiger charge is -2.37. The fourth-order valence-electron chi connectivity index (χ4n) is 5.19. The Morgan fingerprint density at radius 1 is 0.973 bits per heavy atom. The number of esters is 1. The monoisotopic (exact) mass is 505 g/mol. The second-order valence-corrected chi connectivity index (χ2v) is 9.87. The van der Waals surface area contributed by atoms with Crippen molar-refractivity contribution in [3.05, 3.63) is 76.1 Å². The van der Waals surface area contributed by atoms with E-state index in [0.29, 0.717) is 53.5 Å². The standard InChI is InChI=1S/C30H35NO6/c1-17(2)16-37-30(33)27-18(3)31-22-13-20(19-11-12-25(35-5)26(15-19)36-6)14-23(32)29(22)28(27)21-9-7-8-10-24(21)34-4/h7-12,15,17,20,28,31H,13-14,16H2,1-6H3/t20-,28+/m0/s1. The molecule has 4 rings (SSSR count). The second-order valence-electron chi connectivity index (χ2n) is 9.87. The van der Waals surface area contributed by atoms with Gasteiger partial charge in [-0.2, -0.15) is 0 Å². The van der Waals surface area contributed by atoms with E-state index in [9.17, 15) is 9.59 Å². The maximum atomic E-state index is 13.8. The van der Waals surface area contributed by atoms with Crippen molar-refractivity contribution in [1.29, 1.82) is 0 Å². The number of ether oxygens (including phenoxy) is 4. The number of hydrogen-bond donors (Lipinski definition) is 1. The number of rotatable bonds is 8. The zero-order chi connectivity index (χ0) is 26.7. The molecular weight excluding hydrogens is 470 g/mol. The van der Waals surface area contributed by atoms with Gasteiger partial charge in [-0.05, 0) is 48.9 Å². The summed E-state index contributed by atoms with van der Waals surface area (Å²) in [6, 6.07) is 13.3. The summed E-state index contributed by atoms with van der Waals surface area (Å²) in [4.78, 5) is 27.2. The van der Waals surface area contributed by atoms with E-state index in [1.807, 2.05) is 63.2 Å². The molecule has 0 bridgehead atoms. The molecule has 0 saturated heterocycles. The van der Waals surface area contributed by atoms with Crippen LogP contribution >= 0.6 is 0 Å². The smallest absolute Gasteiger partial charge is 0.336 e. The summed E-state index contributed by atoms with van der Waals surface area (Å²) in [6.45, 7) is 6.15. The van der Waals surface area contributed by atoms with Crippen molar-refractivity contribution in [1.82, 2.24) is 5.32 Å². The van der Waals surface area contributed by atoms with Gasteiger partial charge in [0.2, 0.25) is 0 Å². The largest absolute Gasteiger partial charge is 0.496 e. The van der Waals surface area contributed by atoms with Gasteiger partial charge in [-0.1, -0.05) is 38.1 Å². The molecule has 2 aromatic rings. The molecular formula is C30H35NO6. The lowest BCUT2D eigenvalue weighted by Crippen LogP contribution is -2.36. The van der Waals surface area contributed by atoms with Crippen molar-refractivity contribution < 1.29 is 28.5 Å². The Morgan fingerprint density at radius 2 is 1.68 bits per heavy atom. The highest BCUT2D eigenvalue weighted by Crippen LogP contribution is 2.48. The first-order valence-corrected chi connectivity index (χ1v) is 12.5. The highest BCUT2D eigenvalue weighted by atomic mass is 16.5. The number of methoxy groups -OCH3 is 3. The third-order valence-corrected chi connectivity index (χ3v) is 6.92. The average Bonchev–Trinajstić information content (AvgIpc) is 2.90. The summed E-state index contributed by atoms with van der Waals surface area (Å²) >= 11 is 0. The molecule has 0 unspecified atom stereocenters. The van der Waals surface area contributed by atoms with Crippen molar-refractivity contribution in [3.8, 4) is 17.2 Å². The Morgan fingerprint density at radius 3 is 2.35 bits per heavy atom. The van der Waals surface area contributed by atoms with E-state index in [2.05, 4.69) is 5.32 Å². The zero-order valence-corrected chi connectivity index (χ0v) is 22.3. The zero-order valence-electron chi connectivity index (χ0n) is 22.3. The van der Waals surface area contributed by atoms with E-state index in [4.69, 9.17) is 18.9 Å². The topological polar surface area (TPSA) is 83.1 Å². The van der Waals surface area contributed by atoms with Gasteiger partial charge in [0, 0.05) is 29.0 Å². The van der Waals surface area contributed by atoms with Gasteiger partial charge in [0.15, 0.2) is 17.3 Å². The van der Waals surface area contributed by atoms with Gasteiger partial charge in [0.25, 0.3) is 0 Å². The number of benzene rings is 2. The number of carbonyl (C=O) groups excluding carboxylic acids is 2. The van der Waals surface area contributed by atoms with Crippen molar-refractivity contribution in [2.75, 3.05) is 27.9 Å². The molecule has 0 aromatic heterocycles. The highest BCUT2D eigenvalue weighted by molar-refractivity contribution is 6.04. The van der Waals surface area contributed by atoms with Gasteiger partial charge in [-0.15, -0.1) is 0 Å². The molecule has 0 radical (unpaired) electrons. The molecule has 2 aromatic carbocycles. The van der Waals surface area contributed by atoms with Crippen LogP contribution in [0.15, 0.2) is 65.0 Å². The van der Waals surface area contributed by atoms with E-state index < -0.39 is 11.9 Å². The van der Waals surface area contributed by atoms with Crippen LogP contribution in [0, 0.1) is 5.92 Å². The molecule has 1 heterocycles. The Kier molecular flexibility index (Phi) is 7.91. The first-order valence-electron chi connectivity index (χ1n) is 12.5. The quantitative estimate of drug-likeness (QED) is 0.489. The lowest BCUT2D eigenvalue weighted by atomic mass is 9.71. The van der Waals surface area contributed by atoms with Crippen LogP contribution < -0.4 is 19.5 Å². The fraction of sp³-hybridized carbons (Fsp3) is 0.400. The lowest BCUT2D eigenvalue weighted by molar-refractivity contribution is -0.140. The van der Waals surface area contributed by atoms with E-state index >= 15 is 0 Å². The predicted molar refractivity (Wildman–Crippen MR) is 141 cm³/mol. The second kappa shape index (κ2) is 11.1. The van der Waals surface area contributed by atoms with Gasteiger partial charge in [-0.3, -0.25) is 4.79 Å². The van der Waals surface area contributed by atoms with E-state index in [0.717, 1.165) is 16.8 Å². The normalized spacial score (nSPS) is 19.4. The van der Waals surface area contributed by atoms with Crippen LogP contribution in [0.4, 0.5) is 0 Å². The number of dihydropyridines is 1. The van der Waals surface area contributed by atoms with Gasteiger partial charge in [-0.25, -0.2) is 4.79 Å². The predicted octanol–water partition coefficient (Wildman–Crippen LogP) is 5.27. The molecule has 1 N–H and O–H groups in total. The number of nitrogens with one attached hydrogen (secondary N) is 1. The van der Waals surface area contributed by atoms with Crippen LogP contribution in [0.1, 0.15) is 56.6 Å². The number of ketones is 1. The van der Waals surface area contributed by atoms with Gasteiger partial charge < -0.3 is 24.3 Å². The molecule has 2 aliphatic rings. The van der Waals surface area contributed by atoms with Crippen LogP contribution in [0.3, 0.4) is 0 Å². The summed E-state index contributed by atoms with van der Waals surface area (Å²) < 4.78 is 22.2. The minimum absolute atomic E-state index is 0.00824. The molecule has 0 saturated carbocycles. The fourth-order valence-corrected chi connectivity index (χ4v) is 5.19. The summed E-state index contributed by atoms with van der Waals surface area (Å²) in [5.74, 6) is 1.04. The van der Waals surface area contributed by atoms with E-state index in [1.165, 1.54) is 0 Å². The number of Topliss-reactive ketones (excluding diaryl/α,β-unsaturated/α-hetero) is 1. The molecule has 196 valence electrons. The number of para-hydroxylation sites is 1. The number of allylic oxidation sites excluding steroid dienone is 3. The SMILES string of the molecule is COc1ccc([C@@H]2CC(=O)C3=C(C2)NC(C)=C(C(=O)OCC(C)C)[C@H]3c2ccccc2OC)cc1OC. The summed E-state index contributed by atoms with van der Waals surface area (Å²) in [5, 5.41) is 3.40. The molecule has 1 aliphatic heterocycles. The van der Waals surface area contributed by atoms with Crippen molar-refractivity contribution >= 4 is 11.8 Å². The summed E-state index contributed by atoms with van der Waals surface area (Å²) in [7, 11) is 4.79. The molecule has 2 atom stereocenters. The number of hydrogen-bond acceptors (Lipinski definition) is 7. The van der Waals surface area contributed by atoms with Gasteiger partial charge in [0.05, 0.1) is 39.4 Å². The van der Waals surface area contributed by atoms with Crippen molar-refractivity contribution in [2.24, 2.45) is 5.92 Å². The maximum Gasteiger partial charge on any atom is 0.336 e. The van der Waals surface area contributed by atoms with E-state index in [-0.39, 0.29) is 17.6 Å². The van der Waals surface area contributed by atoms with Crippen LogP contribution in [-0.2, 0) is 14.3 Å². The molecule has 37 heavy (non-hydrogen) atoms. The Labute approximate surface area is 218 Å². The summed E-state index contributed by atoms with van der Waals surface area (Å²) in [6.07, 6.45) is 0.933. The molecule has 7 heteroatoms. The maximum absolute atomic E-state index is 13.8. The minimum atomic E-state index is -0.578. The Hall–Kier alpha value is -3.74. The number of carbonyl (C=O) groups is 2. The van der Waals surface area contributed by atoms with Crippen LogP contribution in [0.2, 0.25) is 0 Å². The third kappa shape index (κ3) is 5.22. The summed E-state index contributed by atoms with van der Waals surface area (Å²) in [5.41, 5.74) is 4.32. The van der Waals surface area contributed by atoms with Crippen LogP contribution in [0.25, 0.3) is 0 Å². The molecule has 0 spiro atoms.